The maximum Gasteiger partial charge on any atom is 0.330 e. The molecular weight excluding hydrogens is 262 g/mol. The van der Waals surface area contributed by atoms with Gasteiger partial charge in [0.1, 0.15) is 0 Å². The van der Waals surface area contributed by atoms with Crippen LogP contribution in [0.5, 0.6) is 0 Å². The first-order valence-corrected chi connectivity index (χ1v) is 5.73. The van der Waals surface area contributed by atoms with Gasteiger partial charge >= 0.3 is 11.9 Å². The summed E-state index contributed by atoms with van der Waals surface area (Å²) in [6.07, 6.45) is 2.08. The Labute approximate surface area is 119 Å². The second kappa shape index (κ2) is 13.1. The molecule has 0 aliphatic rings. The topological polar surface area (TPSA) is 118 Å². The standard InChI is InChI=1S/2C5H8O2.C4H7NO/c2*1-3-4(2)5(6)7;1-3(2)4(5)6/h3H,1-2H3,(H,6,7);2-3H2,1H3,(H,6,7);1H2,2H3,(H2,5,6). The fraction of sp³-hybridized carbons (Fsp3) is 0.357. The van der Waals surface area contributed by atoms with E-state index in [1.807, 2.05) is 0 Å². The third-order valence-electron chi connectivity index (χ3n) is 1.92. The third-order valence-corrected chi connectivity index (χ3v) is 1.92. The molecule has 0 bridgehead atoms. The van der Waals surface area contributed by atoms with Crippen LogP contribution >= 0.6 is 0 Å². The van der Waals surface area contributed by atoms with Crippen LogP contribution in [0.4, 0.5) is 0 Å². The Morgan fingerprint density at radius 2 is 1.45 bits per heavy atom. The smallest absolute Gasteiger partial charge is 0.330 e. The van der Waals surface area contributed by atoms with Gasteiger partial charge in [-0.15, -0.1) is 0 Å². The molecule has 20 heavy (non-hydrogen) atoms. The van der Waals surface area contributed by atoms with Gasteiger partial charge in [-0.2, -0.15) is 0 Å². The largest absolute Gasteiger partial charge is 0.478 e. The van der Waals surface area contributed by atoms with Crippen LogP contribution in [-0.4, -0.2) is 28.1 Å². The Bertz CT molecular complexity index is 396. The number of carbonyl (C=O) groups is 3. The summed E-state index contributed by atoms with van der Waals surface area (Å²) >= 11 is 0. The zero-order valence-electron chi connectivity index (χ0n) is 12.4. The number of rotatable bonds is 4. The molecule has 0 aromatic carbocycles. The van der Waals surface area contributed by atoms with E-state index in [2.05, 4.69) is 13.2 Å². The van der Waals surface area contributed by atoms with Crippen molar-refractivity contribution in [3.63, 3.8) is 0 Å². The molecule has 0 atom stereocenters. The summed E-state index contributed by atoms with van der Waals surface area (Å²) in [5.41, 5.74) is 5.75. The number of amides is 1. The minimum Gasteiger partial charge on any atom is -0.478 e. The quantitative estimate of drug-likeness (QED) is 0.684. The normalized spacial score (nSPS) is 9.10. The van der Waals surface area contributed by atoms with Crippen LogP contribution in [-0.2, 0) is 14.4 Å². The highest BCUT2D eigenvalue weighted by Gasteiger charge is 1.96. The number of nitrogens with two attached hydrogens (primary N) is 1. The van der Waals surface area contributed by atoms with E-state index < -0.39 is 17.8 Å². The average molecular weight is 285 g/mol. The van der Waals surface area contributed by atoms with Crippen LogP contribution in [0.15, 0.2) is 36.0 Å². The molecule has 0 saturated carbocycles. The molecule has 0 heterocycles. The number of allylic oxidation sites excluding steroid dienone is 1. The van der Waals surface area contributed by atoms with Crippen LogP contribution in [0.1, 0.15) is 34.1 Å². The summed E-state index contributed by atoms with van der Waals surface area (Å²) < 4.78 is 0. The van der Waals surface area contributed by atoms with E-state index >= 15 is 0 Å². The molecule has 1 amide bonds. The van der Waals surface area contributed by atoms with Gasteiger partial charge in [0.05, 0.1) is 0 Å². The lowest BCUT2D eigenvalue weighted by Crippen LogP contribution is -2.10. The van der Waals surface area contributed by atoms with Gasteiger partial charge in [-0.3, -0.25) is 4.79 Å². The molecule has 0 aromatic heterocycles. The number of primary amides is 1. The van der Waals surface area contributed by atoms with Crippen molar-refractivity contribution < 1.29 is 24.6 Å². The van der Waals surface area contributed by atoms with E-state index in [4.69, 9.17) is 15.9 Å². The summed E-state index contributed by atoms with van der Waals surface area (Å²) in [6, 6.07) is 0. The highest BCUT2D eigenvalue weighted by Crippen LogP contribution is 1.93. The fourth-order valence-corrected chi connectivity index (χ4v) is 0.275. The van der Waals surface area contributed by atoms with Gasteiger partial charge in [0, 0.05) is 16.7 Å². The van der Waals surface area contributed by atoms with E-state index in [0.29, 0.717) is 17.6 Å². The lowest BCUT2D eigenvalue weighted by molar-refractivity contribution is -0.133. The maximum absolute atomic E-state index is 9.86. The minimum atomic E-state index is -0.900. The lowest BCUT2D eigenvalue weighted by Gasteiger charge is -1.87. The van der Waals surface area contributed by atoms with Crippen LogP contribution in [0, 0.1) is 0 Å². The number of carboxylic acid groups (broad SMARTS) is 2. The third kappa shape index (κ3) is 18.0. The van der Waals surface area contributed by atoms with E-state index in [1.165, 1.54) is 0 Å². The van der Waals surface area contributed by atoms with Crippen molar-refractivity contribution in [1.29, 1.82) is 0 Å². The van der Waals surface area contributed by atoms with Gasteiger partial charge in [0.15, 0.2) is 0 Å². The zero-order valence-corrected chi connectivity index (χ0v) is 12.4. The van der Waals surface area contributed by atoms with Crippen molar-refractivity contribution in [3.8, 4) is 0 Å². The Morgan fingerprint density at radius 1 is 1.10 bits per heavy atom. The lowest BCUT2D eigenvalue weighted by atomic mass is 10.2. The number of hydrogen-bond donors (Lipinski definition) is 3. The minimum absolute atomic E-state index is 0.264. The van der Waals surface area contributed by atoms with E-state index in [-0.39, 0.29) is 5.57 Å². The molecule has 4 N–H and O–H groups in total. The van der Waals surface area contributed by atoms with E-state index in [0.717, 1.165) is 0 Å². The van der Waals surface area contributed by atoms with E-state index in [9.17, 15) is 14.4 Å². The molecule has 0 rings (SSSR count). The monoisotopic (exact) mass is 285 g/mol. The fourth-order valence-electron chi connectivity index (χ4n) is 0.275. The summed E-state index contributed by atoms with van der Waals surface area (Å²) in [7, 11) is 0. The molecular formula is C14H23NO5. The number of hydrogen-bond acceptors (Lipinski definition) is 3. The Balaban J connectivity index is -0.000000218. The SMILES string of the molecule is C=C(C)C(N)=O.C=C(CC)C(=O)O.CC=C(C)C(=O)O. The predicted octanol–water partition coefficient (Wildman–Crippen LogP) is 2.12. The number of aliphatic carboxylic acids is 2. The van der Waals surface area contributed by atoms with Crippen molar-refractivity contribution in [3.05, 3.63) is 36.0 Å². The summed E-state index contributed by atoms with van der Waals surface area (Å²) in [4.78, 5) is 29.5. The van der Waals surface area contributed by atoms with E-state index in [1.54, 1.807) is 33.8 Å². The van der Waals surface area contributed by atoms with Gasteiger partial charge in [-0.05, 0) is 27.2 Å². The van der Waals surface area contributed by atoms with Crippen LogP contribution in [0.25, 0.3) is 0 Å². The summed E-state index contributed by atoms with van der Waals surface area (Å²) in [5, 5.41) is 16.2. The summed E-state index contributed by atoms with van der Waals surface area (Å²) in [5.74, 6) is -2.18. The molecule has 0 spiro atoms. The molecule has 6 heteroatoms. The van der Waals surface area contributed by atoms with Gasteiger partial charge in [-0.25, -0.2) is 9.59 Å². The van der Waals surface area contributed by atoms with Crippen LogP contribution in [0.3, 0.4) is 0 Å². The molecule has 114 valence electrons. The molecule has 0 aliphatic carbocycles. The van der Waals surface area contributed by atoms with Crippen molar-refractivity contribution >= 4 is 17.8 Å². The van der Waals surface area contributed by atoms with Crippen molar-refractivity contribution in [1.82, 2.24) is 0 Å². The van der Waals surface area contributed by atoms with Crippen molar-refractivity contribution in [2.24, 2.45) is 5.73 Å². The summed E-state index contributed by atoms with van der Waals surface area (Å²) in [6.45, 7) is 13.1. The first kappa shape index (κ1) is 22.8. The molecule has 0 saturated heterocycles. The Hall–Kier alpha value is -2.37. The highest BCUT2D eigenvalue weighted by molar-refractivity contribution is 5.90. The zero-order chi connectivity index (χ0) is 16.9. The van der Waals surface area contributed by atoms with Gasteiger partial charge in [0.2, 0.25) is 5.91 Å². The van der Waals surface area contributed by atoms with Gasteiger partial charge < -0.3 is 15.9 Å². The van der Waals surface area contributed by atoms with Crippen LogP contribution < -0.4 is 5.73 Å². The molecule has 6 nitrogen and oxygen atoms in total. The molecule has 0 aliphatic heterocycles. The van der Waals surface area contributed by atoms with Crippen LogP contribution in [0.2, 0.25) is 0 Å². The van der Waals surface area contributed by atoms with Crippen molar-refractivity contribution in [2.75, 3.05) is 0 Å². The highest BCUT2D eigenvalue weighted by atomic mass is 16.4. The second-order valence-corrected chi connectivity index (χ2v) is 3.68. The van der Waals surface area contributed by atoms with Gasteiger partial charge in [-0.1, -0.05) is 26.2 Å². The first-order valence-electron chi connectivity index (χ1n) is 5.73. The van der Waals surface area contributed by atoms with Gasteiger partial charge in [0.25, 0.3) is 0 Å². The first-order chi connectivity index (χ1) is 9.00. The molecule has 0 radical (unpaired) electrons. The average Bonchev–Trinajstić information content (AvgIpc) is 2.37. The van der Waals surface area contributed by atoms with Crippen molar-refractivity contribution in [2.45, 2.75) is 34.1 Å². The Kier molecular flexibility index (Phi) is 14.9. The Morgan fingerprint density at radius 3 is 1.45 bits per heavy atom. The number of carbonyl (C=O) groups excluding carboxylic acids is 1. The number of carboxylic acids is 2. The molecule has 0 unspecified atom stereocenters. The maximum atomic E-state index is 9.86. The molecule has 0 fully saturated rings. The second-order valence-electron chi connectivity index (χ2n) is 3.68. The predicted molar refractivity (Wildman–Crippen MR) is 78.1 cm³/mol. The molecule has 0 aromatic rings.